The highest BCUT2D eigenvalue weighted by Crippen LogP contribution is 2.41. The van der Waals surface area contributed by atoms with E-state index in [-0.39, 0.29) is 23.5 Å². The Balaban J connectivity index is 1.99. The minimum atomic E-state index is -0.261. The number of nitrogens with two attached hydrogens (primary N) is 1. The fourth-order valence-electron chi connectivity index (χ4n) is 3.19. The maximum atomic E-state index is 12.3. The quantitative estimate of drug-likeness (QED) is 0.857. The predicted octanol–water partition coefficient (Wildman–Crippen LogP) is 1.86. The average Bonchev–Trinajstić information content (AvgIpc) is 2.73. The largest absolute Gasteiger partial charge is 0.486 e. The van der Waals surface area contributed by atoms with Crippen LogP contribution in [-0.4, -0.2) is 35.6 Å². The highest BCUT2D eigenvalue weighted by Gasteiger charge is 2.44. The molecule has 21 heavy (non-hydrogen) atoms. The second-order valence-electron chi connectivity index (χ2n) is 6.65. The lowest BCUT2D eigenvalue weighted by Gasteiger charge is -2.38. The molecule has 5 nitrogen and oxygen atoms in total. The van der Waals surface area contributed by atoms with E-state index >= 15 is 0 Å². The third-order valence-corrected chi connectivity index (χ3v) is 3.99. The maximum Gasteiger partial charge on any atom is 0.225 e. The van der Waals surface area contributed by atoms with Crippen molar-refractivity contribution in [1.82, 2.24) is 4.90 Å². The Morgan fingerprint density at radius 3 is 2.52 bits per heavy atom. The molecule has 0 aromatic heterocycles. The van der Waals surface area contributed by atoms with Crippen LogP contribution in [0.1, 0.15) is 38.8 Å². The van der Waals surface area contributed by atoms with Gasteiger partial charge >= 0.3 is 0 Å². The summed E-state index contributed by atoms with van der Waals surface area (Å²) in [4.78, 5) is 14.2. The lowest BCUT2D eigenvalue weighted by Crippen LogP contribution is -2.45. The van der Waals surface area contributed by atoms with Gasteiger partial charge in [-0.3, -0.25) is 4.79 Å². The third-order valence-electron chi connectivity index (χ3n) is 3.99. The van der Waals surface area contributed by atoms with E-state index in [9.17, 15) is 4.79 Å². The Morgan fingerprint density at radius 2 is 1.86 bits per heavy atom. The summed E-state index contributed by atoms with van der Waals surface area (Å²) in [5.41, 5.74) is 6.98. The van der Waals surface area contributed by atoms with Gasteiger partial charge in [0.2, 0.25) is 5.91 Å². The molecular weight excluding hydrogens is 268 g/mol. The van der Waals surface area contributed by atoms with Crippen molar-refractivity contribution in [3.8, 4) is 11.5 Å². The topological polar surface area (TPSA) is 64.8 Å². The predicted molar refractivity (Wildman–Crippen MR) is 79.4 cm³/mol. The molecule has 1 aromatic carbocycles. The first kappa shape index (κ1) is 14.2. The zero-order valence-corrected chi connectivity index (χ0v) is 12.8. The smallest absolute Gasteiger partial charge is 0.225 e. The molecule has 1 amide bonds. The third kappa shape index (κ3) is 2.46. The van der Waals surface area contributed by atoms with Gasteiger partial charge in [-0.1, -0.05) is 6.07 Å². The molecule has 1 aromatic rings. The van der Waals surface area contributed by atoms with Crippen LogP contribution in [0.4, 0.5) is 0 Å². The van der Waals surface area contributed by atoms with Crippen LogP contribution in [0.5, 0.6) is 11.5 Å². The van der Waals surface area contributed by atoms with Gasteiger partial charge in [0.05, 0.1) is 6.04 Å². The highest BCUT2D eigenvalue weighted by molar-refractivity contribution is 5.81. The van der Waals surface area contributed by atoms with Crippen molar-refractivity contribution in [2.75, 3.05) is 13.2 Å². The summed E-state index contributed by atoms with van der Waals surface area (Å²) in [6.07, 6.45) is 0.385. The molecule has 2 aliphatic heterocycles. The molecule has 2 unspecified atom stereocenters. The number of rotatable bonds is 1. The molecular formula is C16H22N2O3. The summed E-state index contributed by atoms with van der Waals surface area (Å²) in [5.74, 6) is 1.60. The van der Waals surface area contributed by atoms with Crippen molar-refractivity contribution in [2.45, 2.75) is 44.8 Å². The van der Waals surface area contributed by atoms with E-state index in [0.717, 1.165) is 17.1 Å². The molecule has 2 N–H and O–H groups in total. The number of nitrogens with zero attached hydrogens (tertiary/aromatic N) is 1. The molecule has 0 saturated carbocycles. The number of likely N-dealkylation sites (tertiary alicyclic amines) is 1. The van der Waals surface area contributed by atoms with Crippen LogP contribution in [0.25, 0.3) is 0 Å². The van der Waals surface area contributed by atoms with Gasteiger partial charge in [-0.2, -0.15) is 0 Å². The minimum absolute atomic E-state index is 0.106. The Hall–Kier alpha value is -1.75. The number of ether oxygens (including phenoxy) is 2. The second-order valence-corrected chi connectivity index (χ2v) is 6.65. The molecule has 0 spiro atoms. The molecule has 1 fully saturated rings. The first-order valence-electron chi connectivity index (χ1n) is 7.35. The minimum Gasteiger partial charge on any atom is -0.486 e. The van der Waals surface area contributed by atoms with Crippen LogP contribution in [0, 0.1) is 0 Å². The summed E-state index contributed by atoms with van der Waals surface area (Å²) < 4.78 is 11.2. The van der Waals surface area contributed by atoms with Crippen molar-refractivity contribution in [2.24, 2.45) is 5.73 Å². The van der Waals surface area contributed by atoms with E-state index in [4.69, 9.17) is 15.2 Å². The van der Waals surface area contributed by atoms with Crippen molar-refractivity contribution in [3.63, 3.8) is 0 Å². The first-order valence-corrected chi connectivity index (χ1v) is 7.35. The van der Waals surface area contributed by atoms with E-state index in [2.05, 4.69) is 0 Å². The fourth-order valence-corrected chi connectivity index (χ4v) is 3.19. The van der Waals surface area contributed by atoms with Gasteiger partial charge < -0.3 is 20.1 Å². The van der Waals surface area contributed by atoms with Crippen LogP contribution < -0.4 is 15.2 Å². The van der Waals surface area contributed by atoms with Gasteiger partial charge in [0, 0.05) is 18.0 Å². The van der Waals surface area contributed by atoms with Crippen molar-refractivity contribution < 1.29 is 14.3 Å². The average molecular weight is 290 g/mol. The lowest BCUT2D eigenvalue weighted by molar-refractivity contribution is -0.133. The van der Waals surface area contributed by atoms with E-state index in [1.165, 1.54) is 0 Å². The van der Waals surface area contributed by atoms with E-state index in [1.807, 2.05) is 43.9 Å². The number of carbonyl (C=O) groups excluding carboxylic acids is 1. The van der Waals surface area contributed by atoms with Gasteiger partial charge in [0.1, 0.15) is 13.2 Å². The van der Waals surface area contributed by atoms with Gasteiger partial charge in [-0.05, 0) is 38.5 Å². The molecule has 0 radical (unpaired) electrons. The van der Waals surface area contributed by atoms with Crippen LogP contribution in [0.3, 0.4) is 0 Å². The molecule has 1 saturated heterocycles. The normalized spacial score (nSPS) is 25.3. The van der Waals surface area contributed by atoms with Crippen LogP contribution in [0.15, 0.2) is 18.2 Å². The van der Waals surface area contributed by atoms with Crippen molar-refractivity contribution in [1.29, 1.82) is 0 Å². The van der Waals surface area contributed by atoms with E-state index in [0.29, 0.717) is 19.6 Å². The molecule has 5 heteroatoms. The SMILES string of the molecule is CC(C)(C)N1C(=O)CC(N)C1c1ccc2c(c1)OCCO2. The van der Waals surface area contributed by atoms with Crippen molar-refractivity contribution in [3.05, 3.63) is 23.8 Å². The molecule has 0 aliphatic carbocycles. The summed E-state index contributed by atoms with van der Waals surface area (Å²) in [7, 11) is 0. The Kier molecular flexibility index (Phi) is 3.32. The number of carbonyl (C=O) groups is 1. The molecule has 2 heterocycles. The van der Waals surface area contributed by atoms with Crippen LogP contribution in [-0.2, 0) is 4.79 Å². The molecule has 114 valence electrons. The van der Waals surface area contributed by atoms with Crippen LogP contribution >= 0.6 is 0 Å². The number of hydrogen-bond donors (Lipinski definition) is 1. The molecule has 2 atom stereocenters. The highest BCUT2D eigenvalue weighted by atomic mass is 16.6. The van der Waals surface area contributed by atoms with Gasteiger partial charge in [0.25, 0.3) is 0 Å². The van der Waals surface area contributed by atoms with Crippen molar-refractivity contribution >= 4 is 5.91 Å². The summed E-state index contributed by atoms with van der Waals surface area (Å²) in [5, 5.41) is 0. The molecule has 3 rings (SSSR count). The zero-order chi connectivity index (χ0) is 15.2. The monoisotopic (exact) mass is 290 g/mol. The summed E-state index contributed by atoms with van der Waals surface area (Å²) in [6.45, 7) is 7.23. The molecule has 2 aliphatic rings. The Bertz CT molecular complexity index is 565. The molecule has 0 bridgehead atoms. The van der Waals surface area contributed by atoms with Gasteiger partial charge in [-0.25, -0.2) is 0 Å². The number of hydrogen-bond acceptors (Lipinski definition) is 4. The first-order chi connectivity index (χ1) is 9.88. The lowest BCUT2D eigenvalue weighted by atomic mass is 9.96. The van der Waals surface area contributed by atoms with E-state index in [1.54, 1.807) is 0 Å². The zero-order valence-electron chi connectivity index (χ0n) is 12.8. The fraction of sp³-hybridized carbons (Fsp3) is 0.562. The van der Waals surface area contributed by atoms with Gasteiger partial charge in [0.15, 0.2) is 11.5 Å². The van der Waals surface area contributed by atoms with Gasteiger partial charge in [-0.15, -0.1) is 0 Å². The van der Waals surface area contributed by atoms with Crippen LogP contribution in [0.2, 0.25) is 0 Å². The summed E-state index contributed by atoms with van der Waals surface area (Å²) in [6, 6.07) is 5.53. The summed E-state index contributed by atoms with van der Waals surface area (Å²) >= 11 is 0. The maximum absolute atomic E-state index is 12.3. The number of amides is 1. The number of fused-ring (bicyclic) bond motifs is 1. The number of benzene rings is 1. The standard InChI is InChI=1S/C16H22N2O3/c1-16(2,3)18-14(19)9-11(17)15(18)10-4-5-12-13(8-10)21-7-6-20-12/h4-5,8,11,15H,6-7,9,17H2,1-3H3. The Labute approximate surface area is 125 Å². The Morgan fingerprint density at radius 1 is 1.19 bits per heavy atom. The second kappa shape index (κ2) is 4.91. The van der Waals surface area contributed by atoms with E-state index < -0.39 is 0 Å².